The van der Waals surface area contributed by atoms with E-state index in [9.17, 15) is 29.3 Å². The molecule has 1 aromatic heterocycles. The SMILES string of the molecule is CCCCCOC(=O)Nc1nc(=O)n([C@@H]2O[C@@H](O)[C@@H](O)[C@H]2O)cc1F. The predicted molar refractivity (Wildman–Crippen MR) is 81.1 cm³/mol. The van der Waals surface area contributed by atoms with Gasteiger partial charge in [0.25, 0.3) is 0 Å². The van der Waals surface area contributed by atoms with Crippen molar-refractivity contribution in [3.63, 3.8) is 0 Å². The Balaban J connectivity index is 2.07. The molecule has 2 heterocycles. The Morgan fingerprint density at radius 2 is 2.12 bits per heavy atom. The molecule has 4 N–H and O–H groups in total. The van der Waals surface area contributed by atoms with Crippen molar-refractivity contribution in [3.8, 4) is 0 Å². The lowest BCUT2D eigenvalue weighted by molar-refractivity contribution is -0.142. The molecule has 0 spiro atoms. The summed E-state index contributed by atoms with van der Waals surface area (Å²) in [7, 11) is 0. The number of aliphatic hydroxyl groups is 3. The lowest BCUT2D eigenvalue weighted by Crippen LogP contribution is -2.36. The number of ether oxygens (including phenoxy) is 2. The molecular weight excluding hydrogens is 341 g/mol. The molecule has 4 atom stereocenters. The smallest absolute Gasteiger partial charge is 0.412 e. The Kier molecular flexibility index (Phi) is 6.42. The first-order valence-electron chi connectivity index (χ1n) is 7.77. The minimum absolute atomic E-state index is 0.149. The molecule has 1 amide bonds. The topological polar surface area (TPSA) is 143 Å². The van der Waals surface area contributed by atoms with Gasteiger partial charge in [0.15, 0.2) is 24.2 Å². The van der Waals surface area contributed by atoms with Crippen LogP contribution in [-0.2, 0) is 9.47 Å². The fraction of sp³-hybridized carbons (Fsp3) is 0.643. The van der Waals surface area contributed by atoms with Gasteiger partial charge in [-0.25, -0.2) is 14.0 Å². The third-order valence-electron chi connectivity index (χ3n) is 3.60. The number of halogens is 1. The number of nitrogens with zero attached hydrogens (tertiary/aromatic N) is 2. The summed E-state index contributed by atoms with van der Waals surface area (Å²) in [5, 5.41) is 30.5. The van der Waals surface area contributed by atoms with Gasteiger partial charge in [-0.3, -0.25) is 9.88 Å². The molecular formula is C14H20FN3O7. The van der Waals surface area contributed by atoms with Crippen molar-refractivity contribution in [1.29, 1.82) is 0 Å². The van der Waals surface area contributed by atoms with Crippen LogP contribution in [0.5, 0.6) is 0 Å². The largest absolute Gasteiger partial charge is 0.449 e. The molecule has 1 saturated heterocycles. The minimum atomic E-state index is -1.73. The average Bonchev–Trinajstić information content (AvgIpc) is 2.82. The van der Waals surface area contributed by atoms with E-state index in [0.29, 0.717) is 17.2 Å². The van der Waals surface area contributed by atoms with Crippen molar-refractivity contribution in [2.45, 2.75) is 50.9 Å². The first kappa shape index (κ1) is 19.2. The Hall–Kier alpha value is -2.08. The third-order valence-corrected chi connectivity index (χ3v) is 3.60. The van der Waals surface area contributed by atoms with Gasteiger partial charge in [-0.1, -0.05) is 19.8 Å². The minimum Gasteiger partial charge on any atom is -0.449 e. The van der Waals surface area contributed by atoms with Gasteiger partial charge in [0.2, 0.25) is 0 Å². The molecule has 0 aromatic carbocycles. The first-order valence-corrected chi connectivity index (χ1v) is 7.77. The number of carbonyl (C=O) groups is 1. The Morgan fingerprint density at radius 3 is 2.72 bits per heavy atom. The van der Waals surface area contributed by atoms with E-state index in [2.05, 4.69) is 4.98 Å². The second kappa shape index (κ2) is 8.34. The van der Waals surface area contributed by atoms with Crippen molar-refractivity contribution in [2.75, 3.05) is 11.9 Å². The van der Waals surface area contributed by atoms with E-state index in [1.54, 1.807) is 0 Å². The van der Waals surface area contributed by atoms with Gasteiger partial charge >= 0.3 is 11.8 Å². The number of amides is 1. The van der Waals surface area contributed by atoms with Crippen molar-refractivity contribution in [2.24, 2.45) is 0 Å². The fourth-order valence-electron chi connectivity index (χ4n) is 2.24. The number of carbonyl (C=O) groups excluding carboxylic acids is 1. The van der Waals surface area contributed by atoms with Crippen LogP contribution >= 0.6 is 0 Å². The van der Waals surface area contributed by atoms with Crippen LogP contribution in [0.1, 0.15) is 32.4 Å². The van der Waals surface area contributed by atoms with Crippen LogP contribution in [-0.4, -0.2) is 56.1 Å². The number of hydrogen-bond acceptors (Lipinski definition) is 8. The molecule has 1 aliphatic heterocycles. The molecule has 1 aliphatic rings. The molecule has 0 radical (unpaired) electrons. The van der Waals surface area contributed by atoms with Crippen LogP contribution in [0.25, 0.3) is 0 Å². The van der Waals surface area contributed by atoms with Crippen molar-refractivity contribution < 1.29 is 34.0 Å². The number of nitrogens with one attached hydrogen (secondary N) is 1. The summed E-state index contributed by atoms with van der Waals surface area (Å²) in [4.78, 5) is 26.8. The molecule has 140 valence electrons. The summed E-state index contributed by atoms with van der Waals surface area (Å²) in [5.41, 5.74) is -1.06. The summed E-state index contributed by atoms with van der Waals surface area (Å²) in [6, 6.07) is 0. The van der Waals surface area contributed by atoms with Crippen molar-refractivity contribution in [3.05, 3.63) is 22.5 Å². The number of aromatic nitrogens is 2. The maximum Gasteiger partial charge on any atom is 0.412 e. The average molecular weight is 361 g/mol. The van der Waals surface area contributed by atoms with Gasteiger partial charge in [-0.2, -0.15) is 4.98 Å². The first-order chi connectivity index (χ1) is 11.8. The standard InChI is InChI=1S/C14H20FN3O7/c1-2-3-4-5-24-14(23)17-10-7(15)6-18(13(22)16-10)11-8(19)9(20)12(21)25-11/h6,8-9,11-12,19-21H,2-5H2,1H3,(H,16,17,22,23)/t8-,9+,11-,12-/m1/s1. The lowest BCUT2D eigenvalue weighted by Gasteiger charge is -2.17. The van der Waals surface area contributed by atoms with Gasteiger partial charge in [0.05, 0.1) is 12.8 Å². The second-order valence-electron chi connectivity index (χ2n) is 5.49. The van der Waals surface area contributed by atoms with Crippen LogP contribution < -0.4 is 11.0 Å². The highest BCUT2D eigenvalue weighted by Gasteiger charge is 2.43. The molecule has 2 rings (SSSR count). The number of aliphatic hydroxyl groups excluding tert-OH is 3. The maximum absolute atomic E-state index is 14.1. The van der Waals surface area contributed by atoms with E-state index < -0.39 is 48.1 Å². The lowest BCUT2D eigenvalue weighted by atomic mass is 10.2. The van der Waals surface area contributed by atoms with Gasteiger partial charge in [-0.15, -0.1) is 0 Å². The summed E-state index contributed by atoms with van der Waals surface area (Å²) >= 11 is 0. The van der Waals surface area contributed by atoms with E-state index in [0.717, 1.165) is 12.8 Å². The number of hydrogen-bond donors (Lipinski definition) is 4. The predicted octanol–water partition coefficient (Wildman–Crippen LogP) is -0.310. The molecule has 1 fully saturated rings. The van der Waals surface area contributed by atoms with Crippen LogP contribution in [0, 0.1) is 5.82 Å². The second-order valence-corrected chi connectivity index (χ2v) is 5.49. The third kappa shape index (κ3) is 4.51. The Bertz CT molecular complexity index is 668. The van der Waals surface area contributed by atoms with E-state index in [4.69, 9.17) is 9.47 Å². The molecule has 0 unspecified atom stereocenters. The zero-order valence-corrected chi connectivity index (χ0v) is 13.5. The summed E-state index contributed by atoms with van der Waals surface area (Å²) in [6.45, 7) is 2.13. The van der Waals surface area contributed by atoms with E-state index in [1.807, 2.05) is 12.2 Å². The molecule has 10 nitrogen and oxygen atoms in total. The highest BCUT2D eigenvalue weighted by molar-refractivity contribution is 5.83. The highest BCUT2D eigenvalue weighted by Crippen LogP contribution is 2.27. The van der Waals surface area contributed by atoms with Crippen molar-refractivity contribution >= 4 is 11.9 Å². The number of rotatable bonds is 6. The quantitative estimate of drug-likeness (QED) is 0.505. The summed E-state index contributed by atoms with van der Waals surface area (Å²) in [6.07, 6.45) is -4.41. The van der Waals surface area contributed by atoms with E-state index in [-0.39, 0.29) is 6.61 Å². The molecule has 25 heavy (non-hydrogen) atoms. The van der Waals surface area contributed by atoms with E-state index >= 15 is 0 Å². The molecule has 11 heteroatoms. The van der Waals surface area contributed by atoms with Crippen LogP contribution in [0.3, 0.4) is 0 Å². The molecule has 0 saturated carbocycles. The maximum atomic E-state index is 14.1. The summed E-state index contributed by atoms with van der Waals surface area (Å²) in [5.74, 6) is -1.73. The van der Waals surface area contributed by atoms with Gasteiger partial charge in [-0.05, 0) is 6.42 Å². The van der Waals surface area contributed by atoms with Crippen LogP contribution in [0.4, 0.5) is 15.0 Å². The summed E-state index contributed by atoms with van der Waals surface area (Å²) < 4.78 is 24.2. The molecule has 1 aromatic rings. The molecule has 0 aliphatic carbocycles. The van der Waals surface area contributed by atoms with Crippen molar-refractivity contribution in [1.82, 2.24) is 9.55 Å². The van der Waals surface area contributed by atoms with Crippen LogP contribution in [0.2, 0.25) is 0 Å². The van der Waals surface area contributed by atoms with Crippen LogP contribution in [0.15, 0.2) is 11.0 Å². The fourth-order valence-corrected chi connectivity index (χ4v) is 2.24. The number of anilines is 1. The zero-order valence-electron chi connectivity index (χ0n) is 13.5. The van der Waals surface area contributed by atoms with Gasteiger partial charge in [0, 0.05) is 0 Å². The number of unbranched alkanes of at least 4 members (excludes halogenated alkanes) is 2. The normalized spacial score (nSPS) is 25.8. The monoisotopic (exact) mass is 361 g/mol. The Labute approximate surface area is 141 Å². The van der Waals surface area contributed by atoms with E-state index in [1.165, 1.54) is 0 Å². The zero-order chi connectivity index (χ0) is 18.6. The highest BCUT2D eigenvalue weighted by atomic mass is 19.1. The van der Waals surface area contributed by atoms with Gasteiger partial charge < -0.3 is 24.8 Å². The molecule has 0 bridgehead atoms. The van der Waals surface area contributed by atoms with Gasteiger partial charge in [0.1, 0.15) is 12.2 Å². The Morgan fingerprint density at radius 1 is 1.40 bits per heavy atom.